The van der Waals surface area contributed by atoms with Gasteiger partial charge in [0, 0.05) is 37.8 Å². The van der Waals surface area contributed by atoms with Crippen molar-refractivity contribution >= 4 is 0 Å². The molecule has 0 bridgehead atoms. The van der Waals surface area contributed by atoms with Crippen molar-refractivity contribution in [3.8, 4) is 0 Å². The van der Waals surface area contributed by atoms with Gasteiger partial charge in [0.25, 0.3) is 0 Å². The summed E-state index contributed by atoms with van der Waals surface area (Å²) in [6.07, 6.45) is 0.864. The molecule has 0 amide bonds. The Labute approximate surface area is 121 Å². The monoisotopic (exact) mass is 279 g/mol. The number of nitrogens with two attached hydrogens (primary N) is 1. The number of likely N-dealkylation sites (N-methyl/N-ethyl adjacent to an activating group) is 1. The maximum absolute atomic E-state index is 13.2. The van der Waals surface area contributed by atoms with Gasteiger partial charge in [0.2, 0.25) is 0 Å². The van der Waals surface area contributed by atoms with Crippen LogP contribution in [0.25, 0.3) is 0 Å². The Kier molecular flexibility index (Phi) is 4.78. The van der Waals surface area contributed by atoms with Crippen LogP contribution in [0.1, 0.15) is 31.9 Å². The number of benzene rings is 1. The predicted molar refractivity (Wildman–Crippen MR) is 81.1 cm³/mol. The van der Waals surface area contributed by atoms with Gasteiger partial charge < -0.3 is 10.6 Å². The molecule has 1 aliphatic heterocycles. The molecule has 1 atom stereocenters. The zero-order chi connectivity index (χ0) is 14.8. The van der Waals surface area contributed by atoms with Crippen LogP contribution in [0.15, 0.2) is 24.3 Å². The van der Waals surface area contributed by atoms with E-state index in [1.165, 1.54) is 6.07 Å². The standard InChI is InChI=1S/C16H26FN3/c1-16(2)12-20(10-9-19(16)3)8-7-15(18)13-5-4-6-14(17)11-13/h4-6,11,15H,7-10,12,18H2,1-3H3. The lowest BCUT2D eigenvalue weighted by molar-refractivity contribution is 0.0387. The first-order valence-corrected chi connectivity index (χ1v) is 7.33. The fraction of sp³-hybridized carbons (Fsp3) is 0.625. The van der Waals surface area contributed by atoms with Gasteiger partial charge in [-0.3, -0.25) is 4.90 Å². The molecule has 1 unspecified atom stereocenters. The molecule has 1 aromatic carbocycles. The van der Waals surface area contributed by atoms with Crippen LogP contribution in [0.3, 0.4) is 0 Å². The number of halogens is 1. The van der Waals surface area contributed by atoms with Crippen LogP contribution in [-0.4, -0.2) is 48.6 Å². The van der Waals surface area contributed by atoms with E-state index in [0.717, 1.165) is 38.2 Å². The molecule has 1 heterocycles. The largest absolute Gasteiger partial charge is 0.324 e. The highest BCUT2D eigenvalue weighted by atomic mass is 19.1. The van der Waals surface area contributed by atoms with Crippen LogP contribution in [0.4, 0.5) is 4.39 Å². The van der Waals surface area contributed by atoms with E-state index >= 15 is 0 Å². The van der Waals surface area contributed by atoms with Gasteiger partial charge in [-0.1, -0.05) is 12.1 Å². The second-order valence-electron chi connectivity index (χ2n) is 6.46. The lowest BCUT2D eigenvalue weighted by Gasteiger charge is -2.45. The summed E-state index contributed by atoms with van der Waals surface area (Å²) in [7, 11) is 2.18. The van der Waals surface area contributed by atoms with E-state index in [4.69, 9.17) is 5.73 Å². The van der Waals surface area contributed by atoms with E-state index in [0.29, 0.717) is 0 Å². The van der Waals surface area contributed by atoms with Crippen molar-refractivity contribution in [1.82, 2.24) is 9.80 Å². The van der Waals surface area contributed by atoms with E-state index in [-0.39, 0.29) is 17.4 Å². The van der Waals surface area contributed by atoms with Crippen molar-refractivity contribution in [2.24, 2.45) is 5.73 Å². The van der Waals surface area contributed by atoms with E-state index in [1.54, 1.807) is 12.1 Å². The normalized spacial score (nSPS) is 21.9. The molecule has 1 aliphatic rings. The molecule has 0 aliphatic carbocycles. The van der Waals surface area contributed by atoms with Gasteiger partial charge in [0.05, 0.1) is 0 Å². The summed E-state index contributed by atoms with van der Waals surface area (Å²) < 4.78 is 13.2. The first-order valence-electron chi connectivity index (χ1n) is 7.33. The third kappa shape index (κ3) is 3.78. The lowest BCUT2D eigenvalue weighted by atomic mass is 9.98. The van der Waals surface area contributed by atoms with Crippen LogP contribution >= 0.6 is 0 Å². The third-order valence-electron chi connectivity index (χ3n) is 4.43. The van der Waals surface area contributed by atoms with Crippen LogP contribution in [0, 0.1) is 5.82 Å². The first-order chi connectivity index (χ1) is 9.38. The highest BCUT2D eigenvalue weighted by Gasteiger charge is 2.30. The van der Waals surface area contributed by atoms with Gasteiger partial charge in [-0.05, 0) is 45.0 Å². The zero-order valence-electron chi connectivity index (χ0n) is 12.8. The molecule has 20 heavy (non-hydrogen) atoms. The Balaban J connectivity index is 1.86. The van der Waals surface area contributed by atoms with Crippen LogP contribution in [0.2, 0.25) is 0 Å². The van der Waals surface area contributed by atoms with Crippen molar-refractivity contribution in [3.05, 3.63) is 35.6 Å². The smallest absolute Gasteiger partial charge is 0.123 e. The molecular formula is C16H26FN3. The van der Waals surface area contributed by atoms with Gasteiger partial charge in [0.1, 0.15) is 5.82 Å². The van der Waals surface area contributed by atoms with Gasteiger partial charge in [-0.25, -0.2) is 4.39 Å². The maximum atomic E-state index is 13.2. The Bertz CT molecular complexity index is 447. The zero-order valence-corrected chi connectivity index (χ0v) is 12.8. The maximum Gasteiger partial charge on any atom is 0.123 e. The molecule has 2 rings (SSSR count). The van der Waals surface area contributed by atoms with Crippen molar-refractivity contribution in [3.63, 3.8) is 0 Å². The summed E-state index contributed by atoms with van der Waals surface area (Å²) in [6.45, 7) is 8.73. The fourth-order valence-electron chi connectivity index (χ4n) is 2.76. The summed E-state index contributed by atoms with van der Waals surface area (Å²) in [5.74, 6) is -0.210. The minimum absolute atomic E-state index is 0.0894. The van der Waals surface area contributed by atoms with Crippen LogP contribution in [-0.2, 0) is 0 Å². The molecule has 1 saturated heterocycles. The molecule has 112 valence electrons. The lowest BCUT2D eigenvalue weighted by Crippen LogP contribution is -2.57. The van der Waals surface area contributed by atoms with Gasteiger partial charge in [-0.2, -0.15) is 0 Å². The summed E-state index contributed by atoms with van der Waals surface area (Å²) >= 11 is 0. The Morgan fingerprint density at radius 1 is 1.35 bits per heavy atom. The minimum Gasteiger partial charge on any atom is -0.324 e. The topological polar surface area (TPSA) is 32.5 Å². The third-order valence-corrected chi connectivity index (χ3v) is 4.43. The van der Waals surface area contributed by atoms with Crippen molar-refractivity contribution in [2.45, 2.75) is 31.8 Å². The second-order valence-corrected chi connectivity index (χ2v) is 6.46. The molecule has 1 aromatic rings. The first kappa shape index (κ1) is 15.4. The molecule has 0 radical (unpaired) electrons. The molecule has 1 fully saturated rings. The van der Waals surface area contributed by atoms with E-state index in [1.807, 2.05) is 6.07 Å². The summed E-state index contributed by atoms with van der Waals surface area (Å²) in [6, 6.07) is 6.54. The molecule has 4 heteroatoms. The second kappa shape index (κ2) is 6.20. The SMILES string of the molecule is CN1CCN(CCC(N)c2cccc(F)c2)CC1(C)C. The van der Waals surface area contributed by atoms with Crippen LogP contribution in [0.5, 0.6) is 0 Å². The Morgan fingerprint density at radius 3 is 2.75 bits per heavy atom. The highest BCUT2D eigenvalue weighted by molar-refractivity contribution is 5.19. The van der Waals surface area contributed by atoms with E-state index in [9.17, 15) is 4.39 Å². The molecule has 3 nitrogen and oxygen atoms in total. The average molecular weight is 279 g/mol. The number of piperazine rings is 1. The van der Waals surface area contributed by atoms with Crippen LogP contribution < -0.4 is 5.73 Å². The van der Waals surface area contributed by atoms with Gasteiger partial charge in [-0.15, -0.1) is 0 Å². The molecule has 2 N–H and O–H groups in total. The average Bonchev–Trinajstić information content (AvgIpc) is 2.39. The van der Waals surface area contributed by atoms with E-state index < -0.39 is 0 Å². The number of rotatable bonds is 4. The summed E-state index contributed by atoms with van der Waals surface area (Å²) in [5.41, 5.74) is 7.27. The van der Waals surface area contributed by atoms with Crippen molar-refractivity contribution in [2.75, 3.05) is 33.2 Å². The number of nitrogens with zero attached hydrogens (tertiary/aromatic N) is 2. The quantitative estimate of drug-likeness (QED) is 0.917. The fourth-order valence-corrected chi connectivity index (χ4v) is 2.76. The van der Waals surface area contributed by atoms with E-state index in [2.05, 4.69) is 30.7 Å². The van der Waals surface area contributed by atoms with Gasteiger partial charge >= 0.3 is 0 Å². The molecule has 0 spiro atoms. The van der Waals surface area contributed by atoms with Crippen molar-refractivity contribution in [1.29, 1.82) is 0 Å². The summed E-state index contributed by atoms with van der Waals surface area (Å²) in [5, 5.41) is 0. The number of hydrogen-bond donors (Lipinski definition) is 1. The number of hydrogen-bond acceptors (Lipinski definition) is 3. The Hall–Kier alpha value is -0.970. The highest BCUT2D eigenvalue weighted by Crippen LogP contribution is 2.21. The summed E-state index contributed by atoms with van der Waals surface area (Å²) in [4.78, 5) is 4.86. The van der Waals surface area contributed by atoms with Crippen molar-refractivity contribution < 1.29 is 4.39 Å². The predicted octanol–water partition coefficient (Wildman–Crippen LogP) is 2.24. The molecule has 0 saturated carbocycles. The molecule has 0 aromatic heterocycles. The molecular weight excluding hydrogens is 253 g/mol. The Morgan fingerprint density at radius 2 is 2.10 bits per heavy atom. The van der Waals surface area contributed by atoms with Gasteiger partial charge in [0.15, 0.2) is 0 Å². The minimum atomic E-state index is -0.210.